The van der Waals surface area contributed by atoms with E-state index in [9.17, 15) is 9.36 Å². The lowest BCUT2D eigenvalue weighted by Gasteiger charge is -2.23. The molecular formula is C10H23O6PSi. The maximum Gasteiger partial charge on any atom is 0.475 e. The van der Waals surface area contributed by atoms with Gasteiger partial charge in [-0.3, -0.25) is 18.4 Å². The molecule has 0 heterocycles. The highest BCUT2D eigenvalue weighted by atomic mass is 31.2. The van der Waals surface area contributed by atoms with Gasteiger partial charge in [-0.25, -0.2) is 4.57 Å². The minimum atomic E-state index is -3.68. The zero-order valence-electron chi connectivity index (χ0n) is 11.9. The molecule has 0 aliphatic heterocycles. The van der Waals surface area contributed by atoms with Gasteiger partial charge in [0.1, 0.15) is 0 Å². The van der Waals surface area contributed by atoms with Crippen molar-refractivity contribution in [2.24, 2.45) is 0 Å². The maximum absolute atomic E-state index is 12.0. The van der Waals surface area contributed by atoms with Crippen molar-refractivity contribution >= 4 is 22.1 Å². The first-order valence-electron chi connectivity index (χ1n) is 5.94. The Morgan fingerprint density at radius 1 is 1.17 bits per heavy atom. The molecule has 1 unspecified atom stereocenters. The van der Waals surface area contributed by atoms with Crippen LogP contribution in [-0.2, 0) is 27.4 Å². The highest BCUT2D eigenvalue weighted by molar-refractivity contribution is 7.48. The van der Waals surface area contributed by atoms with E-state index in [-0.39, 0.29) is 13.2 Å². The molecule has 6 nitrogen and oxygen atoms in total. The van der Waals surface area contributed by atoms with Crippen molar-refractivity contribution in [2.75, 3.05) is 13.2 Å². The Morgan fingerprint density at radius 3 is 1.94 bits per heavy atom. The van der Waals surface area contributed by atoms with Gasteiger partial charge in [0.25, 0.3) is 0 Å². The number of hydrogen-bond acceptors (Lipinski definition) is 6. The molecule has 0 radical (unpaired) electrons. The molecule has 0 aromatic heterocycles. The standard InChI is InChI=1S/C10H23O6PSi/c1-7-13-17(12,14-8-2)15-9(3)10(11)16-18(4,5)6/h9H,7-8H2,1-6H3. The Labute approximate surface area is 110 Å². The van der Waals surface area contributed by atoms with Crippen LogP contribution in [0.15, 0.2) is 0 Å². The minimum Gasteiger partial charge on any atom is -0.518 e. The number of phosphoric ester groups is 1. The quantitative estimate of drug-likeness (QED) is 0.507. The van der Waals surface area contributed by atoms with E-state index in [1.807, 2.05) is 19.6 Å². The van der Waals surface area contributed by atoms with Gasteiger partial charge >= 0.3 is 13.8 Å². The van der Waals surface area contributed by atoms with Crippen LogP contribution in [0.25, 0.3) is 0 Å². The summed E-state index contributed by atoms with van der Waals surface area (Å²) < 4.78 is 32.2. The van der Waals surface area contributed by atoms with E-state index in [1.54, 1.807) is 13.8 Å². The second-order valence-electron chi connectivity index (χ2n) is 4.56. The second kappa shape index (κ2) is 7.40. The number of phosphoric acid groups is 1. The maximum atomic E-state index is 12.0. The molecule has 0 saturated heterocycles. The summed E-state index contributed by atoms with van der Waals surface area (Å²) in [5.41, 5.74) is 0. The van der Waals surface area contributed by atoms with Crippen LogP contribution < -0.4 is 0 Å². The highest BCUT2D eigenvalue weighted by Gasteiger charge is 2.33. The fraction of sp³-hybridized carbons (Fsp3) is 0.900. The molecule has 0 aromatic rings. The van der Waals surface area contributed by atoms with Crippen molar-refractivity contribution in [1.29, 1.82) is 0 Å². The van der Waals surface area contributed by atoms with E-state index in [0.29, 0.717) is 0 Å². The molecule has 1 atom stereocenters. The van der Waals surface area contributed by atoms with Crippen LogP contribution in [0, 0.1) is 0 Å². The average Bonchev–Trinajstić information content (AvgIpc) is 2.14. The molecule has 18 heavy (non-hydrogen) atoms. The molecule has 0 aliphatic rings. The zero-order chi connectivity index (χ0) is 14.4. The summed E-state index contributed by atoms with van der Waals surface area (Å²) in [6.45, 7) is 10.8. The number of carbonyl (C=O) groups is 1. The Bertz CT molecular complexity index is 304. The van der Waals surface area contributed by atoms with Crippen LogP contribution in [0.2, 0.25) is 19.6 Å². The summed E-state index contributed by atoms with van der Waals surface area (Å²) in [4.78, 5) is 11.7. The summed E-state index contributed by atoms with van der Waals surface area (Å²) in [5.74, 6) is -0.547. The molecule has 0 N–H and O–H groups in total. The van der Waals surface area contributed by atoms with E-state index < -0.39 is 28.2 Å². The molecule has 0 saturated carbocycles. The summed E-state index contributed by atoms with van der Waals surface area (Å²) >= 11 is 0. The molecular weight excluding hydrogens is 275 g/mol. The van der Waals surface area contributed by atoms with Gasteiger partial charge < -0.3 is 4.43 Å². The van der Waals surface area contributed by atoms with Gasteiger partial charge in [0.2, 0.25) is 8.32 Å². The lowest BCUT2D eigenvalue weighted by molar-refractivity contribution is -0.143. The van der Waals surface area contributed by atoms with E-state index in [0.717, 1.165) is 0 Å². The van der Waals surface area contributed by atoms with Crippen molar-refractivity contribution in [3.63, 3.8) is 0 Å². The lowest BCUT2D eigenvalue weighted by Crippen LogP contribution is -2.35. The topological polar surface area (TPSA) is 71.1 Å². The number of hydrogen-bond donors (Lipinski definition) is 0. The third kappa shape index (κ3) is 7.28. The van der Waals surface area contributed by atoms with Crippen LogP contribution in [0.1, 0.15) is 20.8 Å². The van der Waals surface area contributed by atoms with Crippen molar-refractivity contribution < 1.29 is 27.4 Å². The van der Waals surface area contributed by atoms with Gasteiger partial charge in [-0.2, -0.15) is 0 Å². The molecule has 0 aromatic carbocycles. The van der Waals surface area contributed by atoms with E-state index in [2.05, 4.69) is 0 Å². The van der Waals surface area contributed by atoms with Gasteiger partial charge in [-0.15, -0.1) is 0 Å². The Balaban J connectivity index is 4.55. The third-order valence-electron chi connectivity index (χ3n) is 1.60. The number of carbonyl (C=O) groups excluding carboxylic acids is 1. The summed E-state index contributed by atoms with van der Waals surface area (Å²) in [7, 11) is -5.68. The molecule has 0 spiro atoms. The monoisotopic (exact) mass is 298 g/mol. The number of rotatable bonds is 8. The first-order valence-corrected chi connectivity index (χ1v) is 10.8. The Morgan fingerprint density at radius 2 is 1.61 bits per heavy atom. The average molecular weight is 298 g/mol. The second-order valence-corrected chi connectivity index (χ2v) is 10.6. The fourth-order valence-corrected chi connectivity index (χ4v) is 3.11. The summed E-state index contributed by atoms with van der Waals surface area (Å²) in [6.07, 6.45) is -0.986. The van der Waals surface area contributed by atoms with E-state index >= 15 is 0 Å². The van der Waals surface area contributed by atoms with Gasteiger partial charge in [-0.05, 0) is 40.4 Å². The molecule has 0 bridgehead atoms. The van der Waals surface area contributed by atoms with Gasteiger partial charge in [-0.1, -0.05) is 0 Å². The van der Waals surface area contributed by atoms with Crippen LogP contribution in [0.4, 0.5) is 0 Å². The largest absolute Gasteiger partial charge is 0.518 e. The molecule has 0 amide bonds. The van der Waals surface area contributed by atoms with Gasteiger partial charge in [0.05, 0.1) is 13.2 Å². The van der Waals surface area contributed by atoms with Gasteiger partial charge in [0, 0.05) is 0 Å². The van der Waals surface area contributed by atoms with E-state index in [1.165, 1.54) is 6.92 Å². The summed E-state index contributed by atoms with van der Waals surface area (Å²) in [6, 6.07) is 0. The predicted octanol–water partition coefficient (Wildman–Crippen LogP) is 2.95. The minimum absolute atomic E-state index is 0.174. The predicted molar refractivity (Wildman–Crippen MR) is 70.8 cm³/mol. The molecule has 8 heteroatoms. The first-order chi connectivity index (χ1) is 8.13. The molecule has 0 fully saturated rings. The Kier molecular flexibility index (Phi) is 7.32. The van der Waals surface area contributed by atoms with Crippen LogP contribution in [0.5, 0.6) is 0 Å². The smallest absolute Gasteiger partial charge is 0.475 e. The van der Waals surface area contributed by atoms with Crippen molar-refractivity contribution in [3.8, 4) is 0 Å². The zero-order valence-corrected chi connectivity index (χ0v) is 13.8. The van der Waals surface area contributed by atoms with Crippen LogP contribution >= 0.6 is 7.82 Å². The fourth-order valence-electron chi connectivity index (χ4n) is 1.04. The lowest BCUT2D eigenvalue weighted by atomic mass is 10.4. The molecule has 108 valence electrons. The van der Waals surface area contributed by atoms with Gasteiger partial charge in [0.15, 0.2) is 6.10 Å². The molecule has 0 aliphatic carbocycles. The third-order valence-corrected chi connectivity index (χ3v) is 4.14. The normalized spacial score (nSPS) is 14.3. The SMILES string of the molecule is CCOP(=O)(OCC)OC(C)C(=O)O[Si](C)(C)C. The van der Waals surface area contributed by atoms with Crippen LogP contribution in [-0.4, -0.2) is 33.6 Å². The van der Waals surface area contributed by atoms with Crippen molar-refractivity contribution in [1.82, 2.24) is 0 Å². The van der Waals surface area contributed by atoms with Crippen molar-refractivity contribution in [3.05, 3.63) is 0 Å². The van der Waals surface area contributed by atoms with Crippen LogP contribution in [0.3, 0.4) is 0 Å². The Hall–Kier alpha value is -0.203. The highest BCUT2D eigenvalue weighted by Crippen LogP contribution is 2.50. The summed E-state index contributed by atoms with van der Waals surface area (Å²) in [5, 5.41) is 0. The van der Waals surface area contributed by atoms with E-state index in [4.69, 9.17) is 18.0 Å². The first kappa shape index (κ1) is 17.8. The molecule has 0 rings (SSSR count). The van der Waals surface area contributed by atoms with Crippen molar-refractivity contribution in [2.45, 2.75) is 46.5 Å².